The molecule has 1 heterocycles. The molecule has 0 atom stereocenters. The zero-order valence-electron chi connectivity index (χ0n) is 10.5. The molecule has 0 aliphatic rings. The smallest absolute Gasteiger partial charge is 0.355 e. The number of nitrogens with zero attached hydrogens (tertiary/aromatic N) is 1. The van der Waals surface area contributed by atoms with Crippen molar-refractivity contribution in [2.45, 2.75) is 13.5 Å². The number of hydrogen-bond donors (Lipinski definition) is 2. The van der Waals surface area contributed by atoms with E-state index in [4.69, 9.17) is 5.11 Å². The van der Waals surface area contributed by atoms with E-state index in [9.17, 15) is 9.59 Å². The predicted octanol–water partition coefficient (Wildman–Crippen LogP) is 2.84. The maximum absolute atomic E-state index is 12.1. The first-order chi connectivity index (χ1) is 9.49. The highest BCUT2D eigenvalue weighted by molar-refractivity contribution is 9.10. The minimum atomic E-state index is -1.07. The topological polar surface area (TPSA) is 79.3 Å². The van der Waals surface area contributed by atoms with Crippen LogP contribution in [0, 0.1) is 6.92 Å². The number of thiazole rings is 1. The van der Waals surface area contributed by atoms with Gasteiger partial charge in [0.2, 0.25) is 0 Å². The van der Waals surface area contributed by atoms with Gasteiger partial charge in [-0.05, 0) is 34.5 Å². The van der Waals surface area contributed by atoms with Crippen molar-refractivity contribution in [1.29, 1.82) is 0 Å². The third-order valence-corrected chi connectivity index (χ3v) is 4.51. The van der Waals surface area contributed by atoms with Crippen molar-refractivity contribution in [3.05, 3.63) is 49.9 Å². The van der Waals surface area contributed by atoms with Gasteiger partial charge in [0.15, 0.2) is 5.69 Å². The Balaban J connectivity index is 2.05. The summed E-state index contributed by atoms with van der Waals surface area (Å²) in [5.74, 6) is -1.30. The van der Waals surface area contributed by atoms with Crippen molar-refractivity contribution >= 4 is 39.1 Å². The van der Waals surface area contributed by atoms with Crippen LogP contribution in [0.1, 0.15) is 31.4 Å². The summed E-state index contributed by atoms with van der Waals surface area (Å²) >= 11 is 4.58. The van der Waals surface area contributed by atoms with Crippen LogP contribution in [0.4, 0.5) is 0 Å². The monoisotopic (exact) mass is 354 g/mol. The van der Waals surface area contributed by atoms with Gasteiger partial charge in [-0.3, -0.25) is 4.79 Å². The third kappa shape index (κ3) is 3.23. The number of benzene rings is 1. The SMILES string of the molecule is Cc1cccc(C(=O)NCc2nc(C(=O)O)cs2)c1Br. The van der Waals surface area contributed by atoms with Crippen molar-refractivity contribution in [3.63, 3.8) is 0 Å². The van der Waals surface area contributed by atoms with Gasteiger partial charge in [-0.25, -0.2) is 9.78 Å². The Morgan fingerprint density at radius 1 is 1.45 bits per heavy atom. The Morgan fingerprint density at radius 3 is 2.85 bits per heavy atom. The van der Waals surface area contributed by atoms with E-state index < -0.39 is 5.97 Å². The van der Waals surface area contributed by atoms with E-state index >= 15 is 0 Å². The third-order valence-electron chi connectivity index (χ3n) is 2.61. The number of aromatic carboxylic acids is 1. The Bertz CT molecular complexity index is 669. The fourth-order valence-corrected chi connectivity index (χ4v) is 2.72. The first kappa shape index (κ1) is 14.7. The first-order valence-corrected chi connectivity index (χ1v) is 7.37. The number of halogens is 1. The average Bonchev–Trinajstić information content (AvgIpc) is 2.88. The van der Waals surface area contributed by atoms with Crippen LogP contribution in [0.2, 0.25) is 0 Å². The maximum Gasteiger partial charge on any atom is 0.355 e. The lowest BCUT2D eigenvalue weighted by Crippen LogP contribution is -2.23. The number of aromatic nitrogens is 1. The van der Waals surface area contributed by atoms with Crippen LogP contribution in [0.3, 0.4) is 0 Å². The molecule has 1 aromatic heterocycles. The van der Waals surface area contributed by atoms with Gasteiger partial charge in [-0.15, -0.1) is 11.3 Å². The number of carbonyl (C=O) groups excluding carboxylic acids is 1. The Morgan fingerprint density at radius 2 is 2.20 bits per heavy atom. The van der Waals surface area contributed by atoms with E-state index in [1.54, 1.807) is 12.1 Å². The molecule has 1 amide bonds. The number of hydrogen-bond acceptors (Lipinski definition) is 4. The van der Waals surface area contributed by atoms with Gasteiger partial charge in [0, 0.05) is 9.85 Å². The van der Waals surface area contributed by atoms with Crippen LogP contribution in [-0.4, -0.2) is 22.0 Å². The van der Waals surface area contributed by atoms with Crippen LogP contribution in [-0.2, 0) is 6.54 Å². The highest BCUT2D eigenvalue weighted by Crippen LogP contribution is 2.21. The van der Waals surface area contributed by atoms with E-state index in [0.29, 0.717) is 10.6 Å². The van der Waals surface area contributed by atoms with Crippen LogP contribution in [0.15, 0.2) is 28.1 Å². The van der Waals surface area contributed by atoms with Gasteiger partial charge >= 0.3 is 5.97 Å². The average molecular weight is 355 g/mol. The van der Waals surface area contributed by atoms with E-state index in [0.717, 1.165) is 10.0 Å². The molecular weight excluding hydrogens is 344 g/mol. The molecule has 0 saturated heterocycles. The molecule has 1 aromatic carbocycles. The Kier molecular flexibility index (Phi) is 4.51. The summed E-state index contributed by atoms with van der Waals surface area (Å²) in [6.07, 6.45) is 0. The molecule has 0 saturated carbocycles. The van der Waals surface area contributed by atoms with E-state index in [1.807, 2.05) is 13.0 Å². The molecule has 7 heteroatoms. The summed E-state index contributed by atoms with van der Waals surface area (Å²) in [5.41, 5.74) is 1.51. The number of carbonyl (C=O) groups is 2. The highest BCUT2D eigenvalue weighted by Gasteiger charge is 2.13. The van der Waals surface area contributed by atoms with Crippen molar-refractivity contribution in [1.82, 2.24) is 10.3 Å². The second kappa shape index (κ2) is 6.15. The minimum absolute atomic E-state index is 0.00372. The normalized spacial score (nSPS) is 10.3. The molecular formula is C13H11BrN2O3S. The maximum atomic E-state index is 12.1. The Hall–Kier alpha value is -1.73. The number of aryl methyl sites for hydroxylation is 1. The van der Waals surface area contributed by atoms with Crippen molar-refractivity contribution in [3.8, 4) is 0 Å². The molecule has 20 heavy (non-hydrogen) atoms. The molecule has 0 aliphatic carbocycles. The van der Waals surface area contributed by atoms with Gasteiger partial charge < -0.3 is 10.4 Å². The summed E-state index contributed by atoms with van der Waals surface area (Å²) < 4.78 is 0.753. The minimum Gasteiger partial charge on any atom is -0.476 e. The van der Waals surface area contributed by atoms with E-state index in [1.165, 1.54) is 16.7 Å². The lowest BCUT2D eigenvalue weighted by atomic mass is 10.1. The van der Waals surface area contributed by atoms with Crippen LogP contribution in [0.25, 0.3) is 0 Å². The van der Waals surface area contributed by atoms with Gasteiger partial charge in [0.05, 0.1) is 12.1 Å². The van der Waals surface area contributed by atoms with E-state index in [-0.39, 0.29) is 18.1 Å². The van der Waals surface area contributed by atoms with Gasteiger partial charge in [0.1, 0.15) is 5.01 Å². The highest BCUT2D eigenvalue weighted by atomic mass is 79.9. The number of amides is 1. The van der Waals surface area contributed by atoms with Crippen molar-refractivity contribution < 1.29 is 14.7 Å². The summed E-state index contributed by atoms with van der Waals surface area (Å²) in [5, 5.41) is 13.5. The molecule has 2 rings (SSSR count). The summed E-state index contributed by atoms with van der Waals surface area (Å²) in [6.45, 7) is 2.11. The first-order valence-electron chi connectivity index (χ1n) is 5.70. The molecule has 0 bridgehead atoms. The number of nitrogens with one attached hydrogen (secondary N) is 1. The predicted molar refractivity (Wildman–Crippen MR) is 79.1 cm³/mol. The molecule has 0 radical (unpaired) electrons. The zero-order valence-corrected chi connectivity index (χ0v) is 12.9. The molecule has 2 N–H and O–H groups in total. The van der Waals surface area contributed by atoms with Crippen LogP contribution >= 0.6 is 27.3 Å². The van der Waals surface area contributed by atoms with Gasteiger partial charge in [0.25, 0.3) is 5.91 Å². The second-order valence-corrected chi connectivity index (χ2v) is 5.79. The molecule has 2 aromatic rings. The van der Waals surface area contributed by atoms with Gasteiger partial charge in [-0.2, -0.15) is 0 Å². The van der Waals surface area contributed by atoms with Crippen molar-refractivity contribution in [2.75, 3.05) is 0 Å². The number of carboxylic acids is 1. The lowest BCUT2D eigenvalue weighted by molar-refractivity contribution is 0.0691. The number of carboxylic acid groups (broad SMARTS) is 1. The molecule has 0 spiro atoms. The molecule has 0 fully saturated rings. The molecule has 104 valence electrons. The van der Waals surface area contributed by atoms with Crippen LogP contribution < -0.4 is 5.32 Å². The summed E-state index contributed by atoms with van der Waals surface area (Å²) in [4.78, 5) is 26.7. The molecule has 5 nitrogen and oxygen atoms in total. The standard InChI is InChI=1S/C13H11BrN2O3S/c1-7-3-2-4-8(11(7)14)12(17)15-5-10-16-9(6-20-10)13(18)19/h2-4,6H,5H2,1H3,(H,15,17)(H,18,19). The summed E-state index contributed by atoms with van der Waals surface area (Å²) in [6, 6.07) is 5.43. The summed E-state index contributed by atoms with van der Waals surface area (Å²) in [7, 11) is 0. The number of rotatable bonds is 4. The zero-order chi connectivity index (χ0) is 14.7. The fraction of sp³-hybridized carbons (Fsp3) is 0.154. The Labute approximate surface area is 127 Å². The second-order valence-electron chi connectivity index (χ2n) is 4.05. The lowest BCUT2D eigenvalue weighted by Gasteiger charge is -2.07. The molecule has 0 unspecified atom stereocenters. The van der Waals surface area contributed by atoms with E-state index in [2.05, 4.69) is 26.2 Å². The quantitative estimate of drug-likeness (QED) is 0.884. The molecule has 0 aliphatic heterocycles. The largest absolute Gasteiger partial charge is 0.476 e. The van der Waals surface area contributed by atoms with Gasteiger partial charge in [-0.1, -0.05) is 12.1 Å². The fourth-order valence-electron chi connectivity index (χ4n) is 1.56. The van der Waals surface area contributed by atoms with Crippen LogP contribution in [0.5, 0.6) is 0 Å². The van der Waals surface area contributed by atoms with Crippen molar-refractivity contribution in [2.24, 2.45) is 0 Å².